The maximum absolute atomic E-state index is 12.8. The predicted molar refractivity (Wildman–Crippen MR) is 96.1 cm³/mol. The van der Waals surface area contributed by atoms with Crippen LogP contribution in [0.4, 0.5) is 5.69 Å². The first-order valence-electron chi connectivity index (χ1n) is 8.49. The molecule has 0 aliphatic carbocycles. The Balaban J connectivity index is 2.08. The summed E-state index contributed by atoms with van der Waals surface area (Å²) in [6.07, 6.45) is 0.813. The van der Waals surface area contributed by atoms with E-state index < -0.39 is 20.6 Å². The zero-order valence-electron chi connectivity index (χ0n) is 15.3. The SMILES string of the molecule is CCCOCC(=O)N1CCN(S(=O)(=O)c2ccc(OC)c([N+](=O)[O-])c2)CC1. The lowest BCUT2D eigenvalue weighted by Crippen LogP contribution is -2.51. The summed E-state index contributed by atoms with van der Waals surface area (Å²) < 4.78 is 36.9. The van der Waals surface area contributed by atoms with E-state index in [-0.39, 0.29) is 49.3 Å². The van der Waals surface area contributed by atoms with E-state index in [0.29, 0.717) is 6.61 Å². The highest BCUT2D eigenvalue weighted by Crippen LogP contribution is 2.30. The van der Waals surface area contributed by atoms with Crippen molar-refractivity contribution in [2.45, 2.75) is 18.2 Å². The van der Waals surface area contributed by atoms with E-state index >= 15 is 0 Å². The summed E-state index contributed by atoms with van der Waals surface area (Å²) in [5.41, 5.74) is -0.416. The number of carbonyl (C=O) groups is 1. The fraction of sp³-hybridized carbons (Fsp3) is 0.562. The highest BCUT2D eigenvalue weighted by molar-refractivity contribution is 7.89. The molecule has 1 aliphatic heterocycles. The maximum atomic E-state index is 12.8. The van der Waals surface area contributed by atoms with E-state index in [1.807, 2.05) is 6.92 Å². The number of nitro groups is 1. The molecular weight excluding hydrogens is 378 g/mol. The molecule has 0 spiro atoms. The van der Waals surface area contributed by atoms with E-state index in [1.54, 1.807) is 4.90 Å². The first kappa shape index (κ1) is 21.1. The first-order valence-corrected chi connectivity index (χ1v) is 9.93. The van der Waals surface area contributed by atoms with E-state index in [0.717, 1.165) is 12.5 Å². The summed E-state index contributed by atoms with van der Waals surface area (Å²) in [7, 11) is -2.63. The molecule has 0 saturated carbocycles. The molecular formula is C16H23N3O7S. The number of hydrogen-bond donors (Lipinski definition) is 0. The summed E-state index contributed by atoms with van der Waals surface area (Å²) >= 11 is 0. The first-order chi connectivity index (χ1) is 12.8. The van der Waals surface area contributed by atoms with Crippen molar-refractivity contribution in [3.05, 3.63) is 28.3 Å². The molecule has 1 aromatic rings. The van der Waals surface area contributed by atoms with Crippen LogP contribution in [0.2, 0.25) is 0 Å². The van der Waals surface area contributed by atoms with Gasteiger partial charge in [-0.3, -0.25) is 14.9 Å². The summed E-state index contributed by atoms with van der Waals surface area (Å²) in [6.45, 7) is 3.13. The highest BCUT2D eigenvalue weighted by atomic mass is 32.2. The molecule has 150 valence electrons. The average Bonchev–Trinajstić information content (AvgIpc) is 2.67. The van der Waals surface area contributed by atoms with Gasteiger partial charge in [-0.25, -0.2) is 8.42 Å². The highest BCUT2D eigenvalue weighted by Gasteiger charge is 2.31. The molecule has 2 rings (SSSR count). The molecule has 27 heavy (non-hydrogen) atoms. The van der Waals surface area contributed by atoms with Gasteiger partial charge in [-0.05, 0) is 18.6 Å². The van der Waals surface area contributed by atoms with Crippen molar-refractivity contribution in [3.8, 4) is 5.75 Å². The van der Waals surface area contributed by atoms with Gasteiger partial charge in [0.25, 0.3) is 0 Å². The molecule has 1 fully saturated rings. The minimum atomic E-state index is -3.91. The van der Waals surface area contributed by atoms with Crippen molar-refractivity contribution < 1.29 is 27.6 Å². The van der Waals surface area contributed by atoms with E-state index in [9.17, 15) is 23.3 Å². The molecule has 11 heteroatoms. The van der Waals surface area contributed by atoms with Crippen molar-refractivity contribution in [3.63, 3.8) is 0 Å². The predicted octanol–water partition coefficient (Wildman–Crippen LogP) is 0.863. The van der Waals surface area contributed by atoms with Gasteiger partial charge in [0, 0.05) is 38.9 Å². The number of nitrogens with zero attached hydrogens (tertiary/aromatic N) is 3. The third-order valence-electron chi connectivity index (χ3n) is 4.15. The third kappa shape index (κ3) is 4.93. The Morgan fingerprint density at radius 2 is 1.93 bits per heavy atom. The number of ether oxygens (including phenoxy) is 2. The van der Waals surface area contributed by atoms with Gasteiger partial charge in [0.1, 0.15) is 6.61 Å². The Morgan fingerprint density at radius 3 is 2.48 bits per heavy atom. The monoisotopic (exact) mass is 401 g/mol. The molecule has 1 heterocycles. The second kappa shape index (κ2) is 9.11. The summed E-state index contributed by atoms with van der Waals surface area (Å²) in [5.74, 6) is -0.193. The quantitative estimate of drug-likeness (QED) is 0.360. The molecule has 0 unspecified atom stereocenters. The number of benzene rings is 1. The number of sulfonamides is 1. The zero-order valence-corrected chi connectivity index (χ0v) is 16.1. The molecule has 0 radical (unpaired) electrons. The van der Waals surface area contributed by atoms with Gasteiger partial charge in [0.2, 0.25) is 15.9 Å². The Morgan fingerprint density at radius 1 is 1.26 bits per heavy atom. The van der Waals surface area contributed by atoms with Crippen LogP contribution in [0.25, 0.3) is 0 Å². The van der Waals surface area contributed by atoms with Gasteiger partial charge in [-0.1, -0.05) is 6.92 Å². The standard InChI is InChI=1S/C16H23N3O7S/c1-3-10-26-12-16(20)17-6-8-18(9-7-17)27(23,24)13-4-5-15(25-2)14(11-13)19(21)22/h4-5,11H,3,6-10,12H2,1-2H3. The molecule has 1 saturated heterocycles. The molecule has 0 atom stereocenters. The number of amides is 1. The Hall–Kier alpha value is -2.24. The molecule has 1 aromatic carbocycles. The fourth-order valence-corrected chi connectivity index (χ4v) is 4.14. The van der Waals surface area contributed by atoms with Crippen LogP contribution in [0.3, 0.4) is 0 Å². The van der Waals surface area contributed by atoms with Crippen molar-refractivity contribution in [1.82, 2.24) is 9.21 Å². The van der Waals surface area contributed by atoms with Crippen molar-refractivity contribution in [1.29, 1.82) is 0 Å². The van der Waals surface area contributed by atoms with E-state index in [1.165, 1.54) is 23.5 Å². The molecule has 0 bridgehead atoms. The molecule has 0 aromatic heterocycles. The number of carbonyl (C=O) groups excluding carboxylic acids is 1. The largest absolute Gasteiger partial charge is 0.490 e. The van der Waals surface area contributed by atoms with Crippen LogP contribution in [0, 0.1) is 10.1 Å². The molecule has 1 amide bonds. The normalized spacial score (nSPS) is 15.6. The summed E-state index contributed by atoms with van der Waals surface area (Å²) in [6, 6.07) is 3.53. The second-order valence-electron chi connectivity index (χ2n) is 5.93. The lowest BCUT2D eigenvalue weighted by molar-refractivity contribution is -0.386. The number of methoxy groups -OCH3 is 1. The van der Waals surface area contributed by atoms with Crippen LogP contribution in [0.1, 0.15) is 13.3 Å². The minimum Gasteiger partial charge on any atom is -0.490 e. The smallest absolute Gasteiger partial charge is 0.312 e. The molecule has 1 aliphatic rings. The van der Waals surface area contributed by atoms with Crippen LogP contribution in [0.5, 0.6) is 5.75 Å². The Labute approximate surface area is 157 Å². The maximum Gasteiger partial charge on any atom is 0.312 e. The Kier molecular flexibility index (Phi) is 7.11. The van der Waals surface area contributed by atoms with Crippen LogP contribution in [-0.4, -0.2) is 75.0 Å². The average molecular weight is 401 g/mol. The number of piperazine rings is 1. The van der Waals surface area contributed by atoms with Gasteiger partial charge in [0.05, 0.1) is 16.9 Å². The second-order valence-corrected chi connectivity index (χ2v) is 7.87. The van der Waals surface area contributed by atoms with Gasteiger partial charge in [-0.2, -0.15) is 4.31 Å². The molecule has 10 nitrogen and oxygen atoms in total. The summed E-state index contributed by atoms with van der Waals surface area (Å²) in [5, 5.41) is 11.1. The van der Waals surface area contributed by atoms with Crippen molar-refractivity contribution in [2.75, 3.05) is 46.5 Å². The van der Waals surface area contributed by atoms with Gasteiger partial charge >= 0.3 is 5.69 Å². The lowest BCUT2D eigenvalue weighted by atomic mass is 10.3. The van der Waals surface area contributed by atoms with E-state index in [2.05, 4.69) is 0 Å². The fourth-order valence-electron chi connectivity index (χ4n) is 2.69. The number of nitro benzene ring substituents is 1. The Bertz CT molecular complexity index is 789. The van der Waals surface area contributed by atoms with Gasteiger partial charge < -0.3 is 14.4 Å². The third-order valence-corrected chi connectivity index (χ3v) is 6.04. The van der Waals surface area contributed by atoms with Crippen LogP contribution < -0.4 is 4.74 Å². The van der Waals surface area contributed by atoms with Crippen molar-refractivity contribution in [2.24, 2.45) is 0 Å². The zero-order chi connectivity index (χ0) is 20.0. The summed E-state index contributed by atoms with van der Waals surface area (Å²) in [4.78, 5) is 23.8. The van der Waals surface area contributed by atoms with Crippen LogP contribution >= 0.6 is 0 Å². The van der Waals surface area contributed by atoms with Gasteiger partial charge in [0.15, 0.2) is 5.75 Å². The van der Waals surface area contributed by atoms with Crippen LogP contribution in [0.15, 0.2) is 23.1 Å². The lowest BCUT2D eigenvalue weighted by Gasteiger charge is -2.34. The number of rotatable bonds is 8. The van der Waals surface area contributed by atoms with Crippen LogP contribution in [-0.2, 0) is 19.6 Å². The topological polar surface area (TPSA) is 119 Å². The van der Waals surface area contributed by atoms with E-state index in [4.69, 9.17) is 9.47 Å². The minimum absolute atomic E-state index is 0.0126. The molecule has 0 N–H and O–H groups in total. The van der Waals surface area contributed by atoms with Crippen molar-refractivity contribution >= 4 is 21.6 Å². The van der Waals surface area contributed by atoms with Gasteiger partial charge in [-0.15, -0.1) is 0 Å². The number of hydrogen-bond acceptors (Lipinski definition) is 7.